The van der Waals surface area contributed by atoms with Crippen molar-refractivity contribution in [3.05, 3.63) is 17.5 Å². The highest BCUT2D eigenvalue weighted by atomic mass is 16.5. The molecule has 7 heteroatoms. The van der Waals surface area contributed by atoms with Gasteiger partial charge in [0.15, 0.2) is 0 Å². The standard InChI is InChI=1S/C18H29N3O4/c1-13-10-14(2)21(19-13)7-4-16(23)20-8-5-18(6-9-20)12-17(3,24)15(22)11-25-18/h10,15,22,24H,4-9,11-12H2,1-3H3/t15-,17-/m0/s1. The summed E-state index contributed by atoms with van der Waals surface area (Å²) >= 11 is 0. The number of amides is 1. The Morgan fingerprint density at radius 1 is 1.40 bits per heavy atom. The number of carbonyl (C=O) groups excluding carboxylic acids is 1. The largest absolute Gasteiger partial charge is 0.388 e. The minimum Gasteiger partial charge on any atom is -0.388 e. The minimum absolute atomic E-state index is 0.130. The first-order valence-corrected chi connectivity index (χ1v) is 9.04. The Morgan fingerprint density at radius 3 is 2.64 bits per heavy atom. The van der Waals surface area contributed by atoms with Crippen molar-refractivity contribution in [2.45, 2.75) is 70.3 Å². The monoisotopic (exact) mass is 351 g/mol. The highest BCUT2D eigenvalue weighted by Crippen LogP contribution is 2.39. The molecule has 3 heterocycles. The molecule has 1 spiro atoms. The van der Waals surface area contributed by atoms with Crippen LogP contribution in [0, 0.1) is 13.8 Å². The molecule has 2 saturated heterocycles. The lowest BCUT2D eigenvalue weighted by Gasteiger charge is -2.49. The fourth-order valence-electron chi connectivity index (χ4n) is 4.00. The van der Waals surface area contributed by atoms with E-state index in [1.54, 1.807) is 6.92 Å². The maximum atomic E-state index is 12.5. The van der Waals surface area contributed by atoms with Crippen LogP contribution in [0.2, 0.25) is 0 Å². The second-order valence-corrected chi connectivity index (χ2v) is 7.82. The molecule has 2 N–H and O–H groups in total. The van der Waals surface area contributed by atoms with Gasteiger partial charge in [-0.1, -0.05) is 0 Å². The summed E-state index contributed by atoms with van der Waals surface area (Å²) in [7, 11) is 0. The number of aryl methyl sites for hydroxylation is 3. The summed E-state index contributed by atoms with van der Waals surface area (Å²) in [5, 5.41) is 24.6. The molecule has 1 amide bonds. The molecule has 0 unspecified atom stereocenters. The molecule has 0 bridgehead atoms. The molecular formula is C18H29N3O4. The van der Waals surface area contributed by atoms with E-state index in [0.29, 0.717) is 45.3 Å². The third-order valence-corrected chi connectivity index (χ3v) is 5.61. The zero-order chi connectivity index (χ0) is 18.2. The number of aromatic nitrogens is 2. The smallest absolute Gasteiger partial charge is 0.224 e. The lowest BCUT2D eigenvalue weighted by Crippen LogP contribution is -2.59. The summed E-state index contributed by atoms with van der Waals surface area (Å²) in [6.45, 7) is 7.61. The molecule has 1 aromatic rings. The molecule has 7 nitrogen and oxygen atoms in total. The normalized spacial score (nSPS) is 29.2. The first-order chi connectivity index (χ1) is 11.7. The third-order valence-electron chi connectivity index (χ3n) is 5.61. The van der Waals surface area contributed by atoms with Crippen LogP contribution in [0.3, 0.4) is 0 Å². The lowest BCUT2D eigenvalue weighted by atomic mass is 9.76. The van der Waals surface area contributed by atoms with Gasteiger partial charge < -0.3 is 19.8 Å². The highest BCUT2D eigenvalue weighted by molar-refractivity contribution is 5.76. The van der Waals surface area contributed by atoms with Gasteiger partial charge in [-0.25, -0.2) is 0 Å². The van der Waals surface area contributed by atoms with E-state index in [9.17, 15) is 15.0 Å². The number of aliphatic hydroxyl groups is 2. The van der Waals surface area contributed by atoms with Crippen molar-refractivity contribution >= 4 is 5.91 Å². The van der Waals surface area contributed by atoms with Gasteiger partial charge in [0.1, 0.15) is 6.10 Å². The van der Waals surface area contributed by atoms with Crippen molar-refractivity contribution in [2.24, 2.45) is 0 Å². The number of likely N-dealkylation sites (tertiary alicyclic amines) is 1. The molecule has 2 atom stereocenters. The van der Waals surface area contributed by atoms with Crippen molar-refractivity contribution in [3.63, 3.8) is 0 Å². The van der Waals surface area contributed by atoms with E-state index >= 15 is 0 Å². The summed E-state index contributed by atoms with van der Waals surface area (Å²) in [6, 6.07) is 2.01. The Hall–Kier alpha value is -1.44. The Kier molecular flexibility index (Phi) is 4.92. The van der Waals surface area contributed by atoms with Crippen LogP contribution in [0.25, 0.3) is 0 Å². The van der Waals surface area contributed by atoms with Gasteiger partial charge in [-0.3, -0.25) is 9.48 Å². The molecular weight excluding hydrogens is 322 g/mol. The molecule has 0 saturated carbocycles. The van der Waals surface area contributed by atoms with Crippen molar-refractivity contribution in [1.29, 1.82) is 0 Å². The van der Waals surface area contributed by atoms with Gasteiger partial charge in [0.05, 0.1) is 23.5 Å². The number of rotatable bonds is 3. The fourth-order valence-corrected chi connectivity index (χ4v) is 4.00. The van der Waals surface area contributed by atoms with Crippen LogP contribution in [-0.4, -0.2) is 67.8 Å². The van der Waals surface area contributed by atoms with Gasteiger partial charge in [-0.05, 0) is 39.7 Å². The number of piperidine rings is 1. The molecule has 2 fully saturated rings. The molecule has 0 aliphatic carbocycles. The number of carbonyl (C=O) groups is 1. The van der Waals surface area contributed by atoms with Crippen molar-refractivity contribution in [1.82, 2.24) is 14.7 Å². The zero-order valence-electron chi connectivity index (χ0n) is 15.4. The Morgan fingerprint density at radius 2 is 2.08 bits per heavy atom. The molecule has 0 aromatic carbocycles. The SMILES string of the molecule is Cc1cc(C)n(CCC(=O)N2CCC3(CC2)C[C@](C)(O)[C@@H](O)CO3)n1. The van der Waals surface area contributed by atoms with E-state index in [1.807, 2.05) is 29.5 Å². The number of hydrogen-bond donors (Lipinski definition) is 2. The molecule has 0 radical (unpaired) electrons. The van der Waals surface area contributed by atoms with E-state index in [0.717, 1.165) is 11.4 Å². The Balaban J connectivity index is 1.52. The predicted molar refractivity (Wildman–Crippen MR) is 92.1 cm³/mol. The minimum atomic E-state index is -1.13. The Labute approximate surface area is 148 Å². The summed E-state index contributed by atoms with van der Waals surface area (Å²) in [5.41, 5.74) is 0.489. The van der Waals surface area contributed by atoms with E-state index in [1.165, 1.54) is 0 Å². The van der Waals surface area contributed by atoms with Gasteiger partial charge in [0, 0.05) is 38.2 Å². The topological polar surface area (TPSA) is 87.8 Å². The number of aliphatic hydroxyl groups excluding tert-OH is 1. The molecule has 2 aliphatic heterocycles. The van der Waals surface area contributed by atoms with E-state index in [2.05, 4.69) is 5.10 Å². The molecule has 140 valence electrons. The first kappa shape index (κ1) is 18.4. The van der Waals surface area contributed by atoms with E-state index < -0.39 is 17.3 Å². The predicted octanol–water partition coefficient (Wildman–Crippen LogP) is 0.783. The fraction of sp³-hybridized carbons (Fsp3) is 0.778. The first-order valence-electron chi connectivity index (χ1n) is 9.04. The van der Waals surface area contributed by atoms with Gasteiger partial charge in [-0.2, -0.15) is 5.10 Å². The van der Waals surface area contributed by atoms with Crippen molar-refractivity contribution in [2.75, 3.05) is 19.7 Å². The molecule has 25 heavy (non-hydrogen) atoms. The quantitative estimate of drug-likeness (QED) is 0.840. The summed E-state index contributed by atoms with van der Waals surface area (Å²) < 4.78 is 7.74. The number of nitrogens with zero attached hydrogens (tertiary/aromatic N) is 3. The van der Waals surface area contributed by atoms with Gasteiger partial charge in [0.25, 0.3) is 0 Å². The van der Waals surface area contributed by atoms with Gasteiger partial charge >= 0.3 is 0 Å². The van der Waals surface area contributed by atoms with Crippen LogP contribution < -0.4 is 0 Å². The maximum absolute atomic E-state index is 12.5. The average molecular weight is 351 g/mol. The molecule has 1 aromatic heterocycles. The number of hydrogen-bond acceptors (Lipinski definition) is 5. The average Bonchev–Trinajstić information content (AvgIpc) is 2.87. The van der Waals surface area contributed by atoms with Gasteiger partial charge in [0.2, 0.25) is 5.91 Å². The van der Waals surface area contributed by atoms with E-state index in [4.69, 9.17) is 4.74 Å². The summed E-state index contributed by atoms with van der Waals surface area (Å²) in [4.78, 5) is 14.4. The maximum Gasteiger partial charge on any atom is 0.224 e. The summed E-state index contributed by atoms with van der Waals surface area (Å²) in [6.07, 6.45) is 1.39. The second-order valence-electron chi connectivity index (χ2n) is 7.82. The van der Waals surface area contributed by atoms with Crippen LogP contribution in [0.5, 0.6) is 0 Å². The van der Waals surface area contributed by atoms with Crippen LogP contribution in [-0.2, 0) is 16.1 Å². The summed E-state index contributed by atoms with van der Waals surface area (Å²) in [5.74, 6) is 0.130. The Bertz CT molecular complexity index is 632. The molecule has 3 rings (SSSR count). The highest BCUT2D eigenvalue weighted by Gasteiger charge is 2.48. The van der Waals surface area contributed by atoms with Crippen LogP contribution >= 0.6 is 0 Å². The lowest BCUT2D eigenvalue weighted by molar-refractivity contribution is -0.222. The number of ether oxygens (including phenoxy) is 1. The van der Waals surface area contributed by atoms with Crippen molar-refractivity contribution in [3.8, 4) is 0 Å². The van der Waals surface area contributed by atoms with Crippen LogP contribution in [0.15, 0.2) is 6.07 Å². The third kappa shape index (κ3) is 3.88. The van der Waals surface area contributed by atoms with Gasteiger partial charge in [-0.15, -0.1) is 0 Å². The van der Waals surface area contributed by atoms with E-state index in [-0.39, 0.29) is 12.5 Å². The van der Waals surface area contributed by atoms with Crippen molar-refractivity contribution < 1.29 is 19.7 Å². The van der Waals surface area contributed by atoms with Crippen LogP contribution in [0.4, 0.5) is 0 Å². The molecule has 2 aliphatic rings. The zero-order valence-corrected chi connectivity index (χ0v) is 15.4. The van der Waals surface area contributed by atoms with Crippen LogP contribution in [0.1, 0.15) is 44.0 Å². The second kappa shape index (κ2) is 6.70.